The summed E-state index contributed by atoms with van der Waals surface area (Å²) in [4.78, 5) is 36.0. The average Bonchev–Trinajstić information content (AvgIpc) is 3.30. The first-order chi connectivity index (χ1) is 21.0. The van der Waals surface area contributed by atoms with Gasteiger partial charge in [0.15, 0.2) is 0 Å². The summed E-state index contributed by atoms with van der Waals surface area (Å²) in [6.07, 6.45) is 5.96. The van der Waals surface area contributed by atoms with E-state index in [-0.39, 0.29) is 25.6 Å². The molecule has 3 amide bonds. The van der Waals surface area contributed by atoms with Crippen molar-refractivity contribution >= 4 is 25.6 Å². The number of amides is 3. The lowest BCUT2D eigenvalue weighted by Gasteiger charge is -2.13. The molecule has 250 valence electrons. The first kappa shape index (κ1) is 39.5. The van der Waals surface area contributed by atoms with Gasteiger partial charge in [-0.15, -0.1) is 0 Å². The number of unbranched alkanes of at least 4 members (excludes halogenated alkanes) is 2. The third-order valence-electron chi connectivity index (χ3n) is 5.71. The van der Waals surface area contributed by atoms with Gasteiger partial charge in [0.05, 0.1) is 105 Å². The molecule has 1 aliphatic heterocycles. The van der Waals surface area contributed by atoms with E-state index in [1.165, 1.54) is 17.1 Å². The van der Waals surface area contributed by atoms with Crippen LogP contribution in [0.4, 0.5) is 0 Å². The van der Waals surface area contributed by atoms with E-state index in [0.29, 0.717) is 131 Å². The monoisotopic (exact) mass is 636 g/mol. The summed E-state index contributed by atoms with van der Waals surface area (Å²) >= 11 is 0. The molecule has 0 fully saturated rings. The maximum Gasteiger partial charge on any atom is 0.253 e. The third kappa shape index (κ3) is 25.5. The Bertz CT molecular complexity index is 725. The molecule has 0 aromatic rings. The van der Waals surface area contributed by atoms with Gasteiger partial charge in [-0.3, -0.25) is 19.3 Å². The number of carbonyl (C=O) groups is 3. The van der Waals surface area contributed by atoms with Crippen molar-refractivity contribution in [3.05, 3.63) is 12.2 Å². The molecule has 0 atom stereocenters. The van der Waals surface area contributed by atoms with Gasteiger partial charge in [0.1, 0.15) is 0 Å². The molecule has 43 heavy (non-hydrogen) atoms. The average molecular weight is 637 g/mol. The van der Waals surface area contributed by atoms with Crippen molar-refractivity contribution in [1.82, 2.24) is 10.2 Å². The lowest BCUT2D eigenvalue weighted by Crippen LogP contribution is -2.31. The highest BCUT2D eigenvalue weighted by Crippen LogP contribution is 2.23. The van der Waals surface area contributed by atoms with Crippen molar-refractivity contribution in [2.75, 3.05) is 132 Å². The molecule has 1 aliphatic rings. The van der Waals surface area contributed by atoms with Crippen LogP contribution in [0.25, 0.3) is 0 Å². The van der Waals surface area contributed by atoms with E-state index < -0.39 is 0 Å². The van der Waals surface area contributed by atoms with Crippen molar-refractivity contribution in [2.24, 2.45) is 0 Å². The quantitative estimate of drug-likeness (QED) is 0.0652. The van der Waals surface area contributed by atoms with Crippen LogP contribution in [0, 0.1) is 0 Å². The number of carbonyl (C=O) groups excluding carboxylic acids is 3. The summed E-state index contributed by atoms with van der Waals surface area (Å²) in [5.74, 6) is -0.571. The van der Waals surface area contributed by atoms with Gasteiger partial charge in [-0.1, -0.05) is 14.3 Å². The normalized spacial score (nSPS) is 13.1. The minimum absolute atomic E-state index is 0.0113. The highest BCUT2D eigenvalue weighted by Gasteiger charge is 2.22. The van der Waals surface area contributed by atoms with E-state index in [4.69, 9.17) is 37.9 Å². The topological polar surface area (TPSA) is 140 Å². The van der Waals surface area contributed by atoms with E-state index in [0.717, 1.165) is 12.8 Å². The second-order valence-corrected chi connectivity index (χ2v) is 12.1. The standard InChI is InChI=1S/C29H53N2O11P/c1-43(2)26-42-25-24-41-23-22-40-21-20-39-19-18-38-17-16-37-15-14-36-13-12-35-11-9-30-27(32)6-4-3-5-10-31-28(33)7-8-29(31)34/h7-8H,3-6,9-26H2,1-2H3,(H,30,32). The van der Waals surface area contributed by atoms with Gasteiger partial charge < -0.3 is 43.2 Å². The highest BCUT2D eigenvalue weighted by molar-refractivity contribution is 7.55. The number of rotatable bonds is 32. The van der Waals surface area contributed by atoms with Crippen LogP contribution in [0.15, 0.2) is 12.2 Å². The van der Waals surface area contributed by atoms with Crippen molar-refractivity contribution in [3.8, 4) is 0 Å². The molecule has 0 aromatic heterocycles. The van der Waals surface area contributed by atoms with Crippen LogP contribution < -0.4 is 5.32 Å². The smallest absolute Gasteiger partial charge is 0.253 e. The predicted molar refractivity (Wildman–Crippen MR) is 163 cm³/mol. The summed E-state index contributed by atoms with van der Waals surface area (Å²) in [5, 5.41) is 2.81. The lowest BCUT2D eigenvalue weighted by molar-refractivity contribution is -0.137. The minimum atomic E-state index is -0.267. The number of ether oxygens (including phenoxy) is 8. The molecule has 0 saturated carbocycles. The molecule has 0 aliphatic carbocycles. The molecule has 0 spiro atoms. The molecule has 0 saturated heterocycles. The second kappa shape index (κ2) is 29.2. The summed E-state index contributed by atoms with van der Waals surface area (Å²) in [5.41, 5.74) is 0. The summed E-state index contributed by atoms with van der Waals surface area (Å²) in [6.45, 7) is 12.8. The fraction of sp³-hybridized carbons (Fsp3) is 0.828. The van der Waals surface area contributed by atoms with Crippen molar-refractivity contribution < 1.29 is 52.3 Å². The van der Waals surface area contributed by atoms with Crippen molar-refractivity contribution in [3.63, 3.8) is 0 Å². The predicted octanol–water partition coefficient (Wildman–Crippen LogP) is 1.42. The second-order valence-electron chi connectivity index (χ2n) is 9.73. The molecular weight excluding hydrogens is 583 g/mol. The van der Waals surface area contributed by atoms with E-state index >= 15 is 0 Å². The Morgan fingerprint density at radius 3 is 1.42 bits per heavy atom. The van der Waals surface area contributed by atoms with Crippen LogP contribution >= 0.6 is 7.92 Å². The fourth-order valence-corrected chi connectivity index (χ4v) is 4.02. The van der Waals surface area contributed by atoms with Crippen LogP contribution in [-0.2, 0) is 52.3 Å². The van der Waals surface area contributed by atoms with E-state index in [9.17, 15) is 14.4 Å². The molecular formula is C29H53N2O11P. The molecule has 1 rings (SSSR count). The van der Waals surface area contributed by atoms with Gasteiger partial charge >= 0.3 is 0 Å². The van der Waals surface area contributed by atoms with Gasteiger partial charge in [0.2, 0.25) is 5.91 Å². The third-order valence-corrected chi connectivity index (χ3v) is 6.41. The zero-order valence-corrected chi connectivity index (χ0v) is 27.0. The molecule has 1 heterocycles. The van der Waals surface area contributed by atoms with E-state index in [2.05, 4.69) is 18.6 Å². The van der Waals surface area contributed by atoms with Crippen LogP contribution in [0.3, 0.4) is 0 Å². The van der Waals surface area contributed by atoms with Gasteiger partial charge in [0.25, 0.3) is 11.8 Å². The zero-order valence-electron chi connectivity index (χ0n) is 26.1. The Morgan fingerprint density at radius 1 is 0.605 bits per heavy atom. The Morgan fingerprint density at radius 2 is 1.00 bits per heavy atom. The van der Waals surface area contributed by atoms with Crippen molar-refractivity contribution in [1.29, 1.82) is 0 Å². The molecule has 0 radical (unpaired) electrons. The van der Waals surface area contributed by atoms with Gasteiger partial charge in [-0.25, -0.2) is 0 Å². The summed E-state index contributed by atoms with van der Waals surface area (Å²) < 4.78 is 43.6. The van der Waals surface area contributed by atoms with Gasteiger partial charge in [0, 0.05) is 31.7 Å². The van der Waals surface area contributed by atoms with Crippen LogP contribution in [-0.4, -0.2) is 154 Å². The Balaban J connectivity index is 1.68. The first-order valence-electron chi connectivity index (χ1n) is 15.1. The summed E-state index contributed by atoms with van der Waals surface area (Å²) in [7, 11) is -0.0113. The molecule has 14 heteroatoms. The maximum absolute atomic E-state index is 11.8. The lowest BCUT2D eigenvalue weighted by atomic mass is 10.2. The molecule has 0 aromatic carbocycles. The number of imide groups is 1. The fourth-order valence-electron chi connectivity index (χ4n) is 3.52. The SMILES string of the molecule is CP(C)COCCOCCOCCOCCOCCOCCOCCOCCNC(=O)CCCCCN1C(=O)C=CC1=O. The Hall–Kier alpha value is -1.54. The molecule has 13 nitrogen and oxygen atoms in total. The van der Waals surface area contributed by atoms with Crippen LogP contribution in [0.2, 0.25) is 0 Å². The van der Waals surface area contributed by atoms with Crippen LogP contribution in [0.1, 0.15) is 25.7 Å². The summed E-state index contributed by atoms with van der Waals surface area (Å²) in [6, 6.07) is 0. The number of nitrogens with zero attached hydrogens (tertiary/aromatic N) is 1. The number of nitrogens with one attached hydrogen (secondary N) is 1. The highest BCUT2D eigenvalue weighted by atomic mass is 31.1. The van der Waals surface area contributed by atoms with Crippen molar-refractivity contribution in [2.45, 2.75) is 25.7 Å². The number of hydrogen-bond donors (Lipinski definition) is 1. The molecule has 0 unspecified atom stereocenters. The van der Waals surface area contributed by atoms with Gasteiger partial charge in [-0.2, -0.15) is 0 Å². The maximum atomic E-state index is 11.8. The van der Waals surface area contributed by atoms with E-state index in [1.807, 2.05) is 0 Å². The largest absolute Gasteiger partial charge is 0.377 e. The van der Waals surface area contributed by atoms with Gasteiger partial charge in [-0.05, 0) is 26.2 Å². The van der Waals surface area contributed by atoms with E-state index in [1.54, 1.807) is 0 Å². The molecule has 1 N–H and O–H groups in total. The van der Waals surface area contributed by atoms with Crippen LogP contribution in [0.5, 0.6) is 0 Å². The number of hydrogen-bond acceptors (Lipinski definition) is 11. The Labute approximate surface area is 257 Å². The Kier molecular flexibility index (Phi) is 26.8. The minimum Gasteiger partial charge on any atom is -0.377 e. The molecule has 0 bridgehead atoms. The zero-order chi connectivity index (χ0) is 31.2. The first-order valence-corrected chi connectivity index (χ1v) is 17.5.